The van der Waals surface area contributed by atoms with Crippen LogP contribution in [0.1, 0.15) is 19.3 Å². The number of urea groups is 1. The number of likely N-dealkylation sites (N-methyl/N-ethyl adjacent to an activating group) is 1. The number of rotatable bonds is 1. The Morgan fingerprint density at radius 2 is 1.72 bits per heavy atom. The number of carbonyl (C=O) groups excluding carboxylic acids is 1. The molecular weight excluding hydrogens is 234 g/mol. The fraction of sp³-hybridized carbons (Fsp3) is 0.833. The zero-order valence-corrected chi connectivity index (χ0v) is 10.8. The Bertz CT molecular complexity index is 327. The summed E-state index contributed by atoms with van der Waals surface area (Å²) in [7, 11) is 2.03. The number of carboxylic acid groups (broad SMARTS) is 1. The molecular formula is C12H21N3O3. The first-order valence-corrected chi connectivity index (χ1v) is 6.56. The van der Waals surface area contributed by atoms with Gasteiger partial charge in [-0.25, -0.2) is 9.59 Å². The van der Waals surface area contributed by atoms with Gasteiger partial charge < -0.3 is 19.8 Å². The van der Waals surface area contributed by atoms with Gasteiger partial charge in [0.2, 0.25) is 0 Å². The zero-order valence-electron chi connectivity index (χ0n) is 10.8. The molecule has 0 radical (unpaired) electrons. The van der Waals surface area contributed by atoms with E-state index in [4.69, 9.17) is 0 Å². The molecule has 0 aliphatic carbocycles. The van der Waals surface area contributed by atoms with Crippen LogP contribution in [0.2, 0.25) is 0 Å². The van der Waals surface area contributed by atoms with E-state index in [-0.39, 0.29) is 6.03 Å². The third-order valence-electron chi connectivity index (χ3n) is 3.81. The molecule has 6 heteroatoms. The molecule has 2 aliphatic heterocycles. The van der Waals surface area contributed by atoms with Crippen LogP contribution >= 0.6 is 0 Å². The van der Waals surface area contributed by atoms with Crippen LogP contribution in [0, 0.1) is 0 Å². The van der Waals surface area contributed by atoms with Crippen molar-refractivity contribution >= 4 is 12.0 Å². The molecule has 2 saturated heterocycles. The summed E-state index contributed by atoms with van der Waals surface area (Å²) in [4.78, 5) is 29.0. The van der Waals surface area contributed by atoms with E-state index in [1.807, 2.05) is 7.05 Å². The first-order chi connectivity index (χ1) is 8.59. The smallest absolute Gasteiger partial charge is 0.326 e. The zero-order chi connectivity index (χ0) is 13.1. The third kappa shape index (κ3) is 2.75. The van der Waals surface area contributed by atoms with Gasteiger partial charge in [-0.05, 0) is 26.3 Å². The minimum Gasteiger partial charge on any atom is -0.480 e. The van der Waals surface area contributed by atoms with Crippen molar-refractivity contribution in [1.29, 1.82) is 0 Å². The Hall–Kier alpha value is -1.30. The van der Waals surface area contributed by atoms with Crippen LogP contribution in [0.15, 0.2) is 0 Å². The van der Waals surface area contributed by atoms with Gasteiger partial charge in [0.05, 0.1) is 0 Å². The molecule has 0 saturated carbocycles. The number of likely N-dealkylation sites (tertiary alicyclic amines) is 1. The maximum absolute atomic E-state index is 12.3. The molecule has 2 aliphatic rings. The second-order valence-corrected chi connectivity index (χ2v) is 5.12. The highest BCUT2D eigenvalue weighted by Gasteiger charge is 2.34. The summed E-state index contributed by atoms with van der Waals surface area (Å²) in [6.45, 7) is 3.67. The minimum absolute atomic E-state index is 0.102. The van der Waals surface area contributed by atoms with E-state index in [0.29, 0.717) is 26.1 Å². The van der Waals surface area contributed by atoms with E-state index in [1.165, 1.54) is 4.90 Å². The maximum Gasteiger partial charge on any atom is 0.326 e. The molecule has 0 aromatic carbocycles. The van der Waals surface area contributed by atoms with Gasteiger partial charge in [-0.3, -0.25) is 0 Å². The molecule has 102 valence electrons. The first kappa shape index (κ1) is 13.1. The second kappa shape index (κ2) is 5.56. The van der Waals surface area contributed by atoms with Crippen LogP contribution in [0.3, 0.4) is 0 Å². The molecule has 1 unspecified atom stereocenters. The average molecular weight is 255 g/mol. The number of piperazine rings is 1. The molecule has 6 nitrogen and oxygen atoms in total. The number of carbonyl (C=O) groups is 2. The van der Waals surface area contributed by atoms with E-state index in [1.54, 1.807) is 4.90 Å². The van der Waals surface area contributed by atoms with Crippen molar-refractivity contribution < 1.29 is 14.7 Å². The van der Waals surface area contributed by atoms with Gasteiger partial charge in [0.15, 0.2) is 0 Å². The van der Waals surface area contributed by atoms with Crippen LogP contribution < -0.4 is 0 Å². The number of aliphatic carboxylic acids is 1. The van der Waals surface area contributed by atoms with Crippen molar-refractivity contribution in [2.75, 3.05) is 39.8 Å². The molecule has 0 aromatic rings. The van der Waals surface area contributed by atoms with E-state index >= 15 is 0 Å². The van der Waals surface area contributed by atoms with Gasteiger partial charge >= 0.3 is 12.0 Å². The van der Waals surface area contributed by atoms with E-state index in [9.17, 15) is 14.7 Å². The quantitative estimate of drug-likeness (QED) is 0.731. The van der Waals surface area contributed by atoms with E-state index in [2.05, 4.69) is 4.90 Å². The average Bonchev–Trinajstić information content (AvgIpc) is 2.39. The molecule has 2 amide bonds. The molecule has 2 heterocycles. The number of hydrogen-bond acceptors (Lipinski definition) is 3. The van der Waals surface area contributed by atoms with Crippen molar-refractivity contribution in [3.63, 3.8) is 0 Å². The topological polar surface area (TPSA) is 64.1 Å². The summed E-state index contributed by atoms with van der Waals surface area (Å²) in [5.41, 5.74) is 0. The predicted octanol–water partition coefficient (Wildman–Crippen LogP) is 0.293. The Balaban J connectivity index is 2.00. The highest BCUT2D eigenvalue weighted by Crippen LogP contribution is 2.19. The van der Waals surface area contributed by atoms with Gasteiger partial charge in [-0.2, -0.15) is 0 Å². The van der Waals surface area contributed by atoms with Crippen LogP contribution in [-0.2, 0) is 4.79 Å². The summed E-state index contributed by atoms with van der Waals surface area (Å²) in [5.74, 6) is -0.878. The molecule has 0 aromatic heterocycles. The fourth-order valence-electron chi connectivity index (χ4n) is 2.60. The lowest BCUT2D eigenvalue weighted by atomic mass is 10.0. The van der Waals surface area contributed by atoms with Crippen molar-refractivity contribution in [2.45, 2.75) is 25.3 Å². The Morgan fingerprint density at radius 3 is 2.33 bits per heavy atom. The number of amides is 2. The Kier molecular flexibility index (Phi) is 4.06. The number of carboxylic acids is 1. The highest BCUT2D eigenvalue weighted by molar-refractivity contribution is 5.83. The number of nitrogens with zero attached hydrogens (tertiary/aromatic N) is 3. The monoisotopic (exact) mass is 255 g/mol. The normalized spacial score (nSPS) is 26.2. The summed E-state index contributed by atoms with van der Waals surface area (Å²) in [5, 5.41) is 9.18. The Labute approximate surface area is 107 Å². The molecule has 2 rings (SSSR count). The van der Waals surface area contributed by atoms with Gasteiger partial charge in [0, 0.05) is 32.7 Å². The summed E-state index contributed by atoms with van der Waals surface area (Å²) < 4.78 is 0. The SMILES string of the molecule is CN1CCN(C(=O)N2CCCCC2C(=O)O)CC1. The molecule has 0 bridgehead atoms. The summed E-state index contributed by atoms with van der Waals surface area (Å²) in [6.07, 6.45) is 2.38. The van der Waals surface area contributed by atoms with Crippen LogP contribution in [0.4, 0.5) is 4.79 Å². The highest BCUT2D eigenvalue weighted by atomic mass is 16.4. The minimum atomic E-state index is -0.878. The second-order valence-electron chi connectivity index (χ2n) is 5.12. The van der Waals surface area contributed by atoms with E-state index < -0.39 is 12.0 Å². The van der Waals surface area contributed by atoms with Gasteiger partial charge in [-0.1, -0.05) is 0 Å². The van der Waals surface area contributed by atoms with Gasteiger partial charge in [0.25, 0.3) is 0 Å². The van der Waals surface area contributed by atoms with Gasteiger partial charge in [-0.15, -0.1) is 0 Å². The standard InChI is InChI=1S/C12H21N3O3/c1-13-6-8-14(9-7-13)12(18)15-5-3-2-4-10(15)11(16)17/h10H,2-9H2,1H3,(H,16,17). The Morgan fingerprint density at radius 1 is 1.06 bits per heavy atom. The molecule has 1 atom stereocenters. The van der Waals surface area contributed by atoms with Crippen LogP contribution in [0.25, 0.3) is 0 Å². The number of piperidine rings is 1. The predicted molar refractivity (Wildman–Crippen MR) is 66.4 cm³/mol. The lowest BCUT2D eigenvalue weighted by Crippen LogP contribution is -2.56. The lowest BCUT2D eigenvalue weighted by molar-refractivity contribution is -0.143. The molecule has 2 fully saturated rings. The summed E-state index contributed by atoms with van der Waals surface area (Å²) in [6, 6.07) is -0.735. The van der Waals surface area contributed by atoms with Crippen LogP contribution in [0.5, 0.6) is 0 Å². The summed E-state index contributed by atoms with van der Waals surface area (Å²) >= 11 is 0. The molecule has 18 heavy (non-hydrogen) atoms. The maximum atomic E-state index is 12.3. The molecule has 1 N–H and O–H groups in total. The van der Waals surface area contributed by atoms with Crippen molar-refractivity contribution in [1.82, 2.24) is 14.7 Å². The van der Waals surface area contributed by atoms with Crippen LogP contribution in [-0.4, -0.2) is 77.6 Å². The third-order valence-corrected chi connectivity index (χ3v) is 3.81. The van der Waals surface area contributed by atoms with E-state index in [0.717, 1.165) is 25.9 Å². The van der Waals surface area contributed by atoms with Crippen molar-refractivity contribution in [2.24, 2.45) is 0 Å². The first-order valence-electron chi connectivity index (χ1n) is 6.56. The lowest BCUT2D eigenvalue weighted by Gasteiger charge is -2.39. The van der Waals surface area contributed by atoms with Crippen molar-refractivity contribution in [3.8, 4) is 0 Å². The molecule has 0 spiro atoms. The largest absolute Gasteiger partial charge is 0.480 e. The van der Waals surface area contributed by atoms with Gasteiger partial charge in [0.1, 0.15) is 6.04 Å². The fourth-order valence-corrected chi connectivity index (χ4v) is 2.60. The van der Waals surface area contributed by atoms with Crippen molar-refractivity contribution in [3.05, 3.63) is 0 Å². The number of hydrogen-bond donors (Lipinski definition) is 1.